The third kappa shape index (κ3) is 5.60. The van der Waals surface area contributed by atoms with Gasteiger partial charge >= 0.3 is 11.9 Å². The molecule has 2 rings (SSSR count). The molecule has 0 amide bonds. The Balaban J connectivity index is 2.54. The van der Waals surface area contributed by atoms with Gasteiger partial charge in [-0.1, -0.05) is 71.8 Å². The second-order valence-corrected chi connectivity index (χ2v) is 6.72. The van der Waals surface area contributed by atoms with E-state index in [2.05, 4.69) is 0 Å². The molecule has 2 aromatic rings. The minimum Gasteiger partial charge on any atom is -0.465 e. The van der Waals surface area contributed by atoms with E-state index in [0.717, 1.165) is 5.56 Å². The second-order valence-electron chi connectivity index (χ2n) is 5.91. The van der Waals surface area contributed by atoms with Crippen LogP contribution in [0.3, 0.4) is 0 Å². The Morgan fingerprint density at radius 1 is 0.893 bits per heavy atom. The average molecular weight is 421 g/mol. The Kier molecular flexibility index (Phi) is 8.55. The number of ether oxygens (including phenoxy) is 2. The van der Waals surface area contributed by atoms with Crippen LogP contribution in [0.1, 0.15) is 30.9 Å². The molecule has 1 atom stereocenters. The van der Waals surface area contributed by atoms with Crippen LogP contribution in [0.4, 0.5) is 0 Å². The van der Waals surface area contributed by atoms with Gasteiger partial charge in [0.1, 0.15) is 0 Å². The zero-order chi connectivity index (χ0) is 20.5. The zero-order valence-electron chi connectivity index (χ0n) is 15.7. The highest BCUT2D eigenvalue weighted by Crippen LogP contribution is 2.34. The van der Waals surface area contributed by atoms with Gasteiger partial charge in [-0.2, -0.15) is 0 Å². The summed E-state index contributed by atoms with van der Waals surface area (Å²) in [5, 5.41) is 0.996. The molecule has 0 radical (unpaired) electrons. The number of hydrogen-bond acceptors (Lipinski definition) is 4. The van der Waals surface area contributed by atoms with Crippen molar-refractivity contribution in [2.75, 3.05) is 13.2 Å². The van der Waals surface area contributed by atoms with Crippen molar-refractivity contribution >= 4 is 41.2 Å². The standard InChI is InChI=1S/C22H22Cl2O4/c1-3-27-21(25)20(22(26)28-4-2)17(16-10-6-8-12-19(16)24)14-13-15-9-5-7-11-18(15)23/h5-14,17,20H,3-4H2,1-2H3/b14-13+. The summed E-state index contributed by atoms with van der Waals surface area (Å²) in [7, 11) is 0. The first-order chi connectivity index (χ1) is 13.5. The van der Waals surface area contributed by atoms with E-state index in [1.807, 2.05) is 18.2 Å². The van der Waals surface area contributed by atoms with Crippen molar-refractivity contribution in [2.45, 2.75) is 19.8 Å². The molecule has 0 aliphatic rings. The van der Waals surface area contributed by atoms with E-state index in [1.165, 1.54) is 0 Å². The fourth-order valence-electron chi connectivity index (χ4n) is 2.81. The highest BCUT2D eigenvalue weighted by molar-refractivity contribution is 6.32. The fraction of sp³-hybridized carbons (Fsp3) is 0.273. The third-order valence-corrected chi connectivity index (χ3v) is 4.78. The lowest BCUT2D eigenvalue weighted by atomic mass is 9.85. The Morgan fingerprint density at radius 2 is 1.43 bits per heavy atom. The first kappa shape index (κ1) is 22.0. The van der Waals surface area contributed by atoms with Gasteiger partial charge in [0.2, 0.25) is 0 Å². The zero-order valence-corrected chi connectivity index (χ0v) is 17.2. The van der Waals surface area contributed by atoms with Crippen LogP contribution in [0, 0.1) is 5.92 Å². The van der Waals surface area contributed by atoms with Crippen molar-refractivity contribution in [3.05, 3.63) is 75.8 Å². The molecule has 0 N–H and O–H groups in total. The lowest BCUT2D eigenvalue weighted by Gasteiger charge is -2.23. The molecule has 4 nitrogen and oxygen atoms in total. The molecule has 148 valence electrons. The van der Waals surface area contributed by atoms with Crippen molar-refractivity contribution in [3.63, 3.8) is 0 Å². The predicted molar refractivity (Wildman–Crippen MR) is 111 cm³/mol. The Bertz CT molecular complexity index is 830. The van der Waals surface area contributed by atoms with Crippen LogP contribution < -0.4 is 0 Å². The summed E-state index contributed by atoms with van der Waals surface area (Å²) < 4.78 is 10.3. The van der Waals surface area contributed by atoms with Gasteiger partial charge in [0.25, 0.3) is 0 Å². The quantitative estimate of drug-likeness (QED) is 0.415. The first-order valence-electron chi connectivity index (χ1n) is 9.00. The van der Waals surface area contributed by atoms with Crippen LogP contribution in [0.5, 0.6) is 0 Å². The lowest BCUT2D eigenvalue weighted by Crippen LogP contribution is -2.33. The predicted octanol–water partition coefficient (Wildman–Crippen LogP) is 5.53. The van der Waals surface area contributed by atoms with E-state index in [4.69, 9.17) is 32.7 Å². The van der Waals surface area contributed by atoms with Gasteiger partial charge in [0.15, 0.2) is 5.92 Å². The van der Waals surface area contributed by atoms with Gasteiger partial charge < -0.3 is 9.47 Å². The Morgan fingerprint density at radius 3 is 1.96 bits per heavy atom. The van der Waals surface area contributed by atoms with Gasteiger partial charge in [0, 0.05) is 16.0 Å². The number of allylic oxidation sites excluding steroid dienone is 1. The maximum absolute atomic E-state index is 12.6. The van der Waals surface area contributed by atoms with E-state index in [9.17, 15) is 9.59 Å². The van der Waals surface area contributed by atoms with E-state index >= 15 is 0 Å². The van der Waals surface area contributed by atoms with E-state index in [-0.39, 0.29) is 13.2 Å². The number of esters is 2. The molecule has 0 aliphatic carbocycles. The number of rotatable bonds is 8. The topological polar surface area (TPSA) is 52.6 Å². The third-order valence-electron chi connectivity index (χ3n) is 4.09. The molecule has 6 heteroatoms. The van der Waals surface area contributed by atoms with Gasteiger partial charge in [-0.05, 0) is 37.1 Å². The highest BCUT2D eigenvalue weighted by atomic mass is 35.5. The minimum absolute atomic E-state index is 0.151. The number of hydrogen-bond donors (Lipinski definition) is 0. The molecular weight excluding hydrogens is 399 g/mol. The van der Waals surface area contributed by atoms with Gasteiger partial charge in [-0.25, -0.2) is 0 Å². The van der Waals surface area contributed by atoms with Crippen LogP contribution >= 0.6 is 23.2 Å². The summed E-state index contributed by atoms with van der Waals surface area (Å²) in [4.78, 5) is 25.3. The van der Waals surface area contributed by atoms with Gasteiger partial charge in [-0.15, -0.1) is 0 Å². The molecule has 0 aliphatic heterocycles. The van der Waals surface area contributed by atoms with Crippen molar-refractivity contribution in [1.82, 2.24) is 0 Å². The van der Waals surface area contributed by atoms with Crippen LogP contribution in [0.25, 0.3) is 6.08 Å². The maximum atomic E-state index is 12.6. The van der Waals surface area contributed by atoms with E-state index in [0.29, 0.717) is 15.6 Å². The summed E-state index contributed by atoms with van der Waals surface area (Å²) in [6, 6.07) is 14.3. The molecule has 0 heterocycles. The molecule has 0 spiro atoms. The smallest absolute Gasteiger partial charge is 0.321 e. The Hall–Kier alpha value is -2.30. The van der Waals surface area contributed by atoms with Crippen LogP contribution in [-0.2, 0) is 19.1 Å². The normalized spacial score (nSPS) is 12.2. The average Bonchev–Trinajstić information content (AvgIpc) is 2.67. The molecule has 0 fully saturated rings. The van der Waals surface area contributed by atoms with Crippen molar-refractivity contribution in [2.24, 2.45) is 5.92 Å². The molecule has 28 heavy (non-hydrogen) atoms. The fourth-order valence-corrected chi connectivity index (χ4v) is 3.27. The molecular formula is C22H22Cl2O4. The monoisotopic (exact) mass is 420 g/mol. The molecule has 2 aromatic carbocycles. The SMILES string of the molecule is CCOC(=O)C(C(=O)OCC)C(/C=C/c1ccccc1Cl)c1ccccc1Cl. The van der Waals surface area contributed by atoms with Crippen molar-refractivity contribution in [3.8, 4) is 0 Å². The summed E-state index contributed by atoms with van der Waals surface area (Å²) in [6.45, 7) is 3.67. The maximum Gasteiger partial charge on any atom is 0.321 e. The number of carbonyl (C=O) groups excluding carboxylic acids is 2. The summed E-state index contributed by atoms with van der Waals surface area (Å²) >= 11 is 12.6. The van der Waals surface area contributed by atoms with Gasteiger partial charge in [0.05, 0.1) is 13.2 Å². The molecule has 1 unspecified atom stereocenters. The number of halogens is 2. The highest BCUT2D eigenvalue weighted by Gasteiger charge is 2.38. The van der Waals surface area contributed by atoms with Crippen LogP contribution in [-0.4, -0.2) is 25.2 Å². The summed E-state index contributed by atoms with van der Waals surface area (Å²) in [5.41, 5.74) is 1.38. The minimum atomic E-state index is -1.18. The second kappa shape index (κ2) is 10.9. The van der Waals surface area contributed by atoms with Gasteiger partial charge in [-0.3, -0.25) is 9.59 Å². The molecule has 0 saturated carbocycles. The number of benzene rings is 2. The van der Waals surface area contributed by atoms with Crippen molar-refractivity contribution < 1.29 is 19.1 Å². The summed E-state index contributed by atoms with van der Waals surface area (Å²) in [5.74, 6) is -3.18. The lowest BCUT2D eigenvalue weighted by molar-refractivity contribution is -0.162. The first-order valence-corrected chi connectivity index (χ1v) is 9.75. The number of carbonyl (C=O) groups is 2. The van der Waals surface area contributed by atoms with E-state index < -0.39 is 23.8 Å². The molecule has 0 saturated heterocycles. The molecule has 0 aromatic heterocycles. The largest absolute Gasteiger partial charge is 0.465 e. The van der Waals surface area contributed by atoms with Crippen LogP contribution in [0.15, 0.2) is 54.6 Å². The van der Waals surface area contributed by atoms with E-state index in [1.54, 1.807) is 56.3 Å². The van der Waals surface area contributed by atoms with Crippen molar-refractivity contribution in [1.29, 1.82) is 0 Å². The summed E-state index contributed by atoms with van der Waals surface area (Å²) in [6.07, 6.45) is 3.50. The Labute approximate surface area is 175 Å². The molecule has 0 bridgehead atoms. The van der Waals surface area contributed by atoms with Crippen LogP contribution in [0.2, 0.25) is 10.0 Å².